The number of furan rings is 1. The molecule has 0 bridgehead atoms. The average Bonchev–Trinajstić information content (AvgIpc) is 2.87. The Labute approximate surface area is 95.7 Å². The number of nitrogens with one attached hydrogen (secondary N) is 1. The minimum Gasteiger partial charge on any atom is -0.477 e. The van der Waals surface area contributed by atoms with Crippen LogP contribution in [0.5, 0.6) is 0 Å². The zero-order chi connectivity index (χ0) is 11.4. The minimum absolute atomic E-state index is 0.237. The maximum Gasteiger partial charge on any atom is 0.347 e. The van der Waals surface area contributed by atoms with Crippen molar-refractivity contribution < 1.29 is 14.3 Å². The van der Waals surface area contributed by atoms with Crippen molar-refractivity contribution >= 4 is 22.4 Å². The van der Waals surface area contributed by atoms with Gasteiger partial charge in [-0.3, -0.25) is 0 Å². The van der Waals surface area contributed by atoms with E-state index >= 15 is 0 Å². The van der Waals surface area contributed by atoms with Crippen LogP contribution in [-0.4, -0.2) is 22.6 Å². The molecule has 2 aromatic heterocycles. The lowest BCUT2D eigenvalue weighted by Gasteiger charge is -1.99. The predicted molar refractivity (Wildman–Crippen MR) is 60.0 cm³/mol. The molecule has 2 heterocycles. The summed E-state index contributed by atoms with van der Waals surface area (Å²) in [6.45, 7) is 0.667. The highest BCUT2D eigenvalue weighted by molar-refractivity contribution is 7.17. The maximum atomic E-state index is 10.6. The second-order valence-corrected chi connectivity index (χ2v) is 4.12. The van der Waals surface area contributed by atoms with E-state index in [9.17, 15) is 4.79 Å². The molecule has 5 nitrogen and oxygen atoms in total. The molecule has 0 saturated carbocycles. The van der Waals surface area contributed by atoms with Crippen molar-refractivity contribution in [3.8, 4) is 0 Å². The molecule has 0 aromatic carbocycles. The Bertz CT molecular complexity index is 464. The summed E-state index contributed by atoms with van der Waals surface area (Å²) in [6, 6.07) is 3.73. The molecule has 0 unspecified atom stereocenters. The molecule has 2 rings (SSSR count). The van der Waals surface area contributed by atoms with Gasteiger partial charge in [-0.05, 0) is 12.1 Å². The average molecular weight is 238 g/mol. The molecule has 0 aliphatic rings. The lowest BCUT2D eigenvalue weighted by molar-refractivity contribution is 0.0702. The number of hydrogen-bond acceptors (Lipinski definition) is 5. The SMILES string of the molecule is O=C(O)c1cnc(NCCc2ccco2)s1. The van der Waals surface area contributed by atoms with Crippen LogP contribution in [0.1, 0.15) is 15.4 Å². The van der Waals surface area contributed by atoms with Gasteiger partial charge in [-0.1, -0.05) is 11.3 Å². The molecule has 0 spiro atoms. The molecule has 0 saturated heterocycles. The molecule has 0 radical (unpaired) electrons. The second kappa shape index (κ2) is 4.80. The van der Waals surface area contributed by atoms with Gasteiger partial charge < -0.3 is 14.8 Å². The summed E-state index contributed by atoms with van der Waals surface area (Å²) in [5.74, 6) is -0.0564. The smallest absolute Gasteiger partial charge is 0.347 e. The molecular formula is C10H10N2O3S. The summed E-state index contributed by atoms with van der Waals surface area (Å²) >= 11 is 1.13. The van der Waals surface area contributed by atoms with Crippen LogP contribution in [0.15, 0.2) is 29.0 Å². The third-order valence-corrected chi connectivity index (χ3v) is 2.89. The van der Waals surface area contributed by atoms with Gasteiger partial charge in [0.1, 0.15) is 10.6 Å². The monoisotopic (exact) mass is 238 g/mol. The first kappa shape index (κ1) is 10.7. The number of carbonyl (C=O) groups is 1. The lowest BCUT2D eigenvalue weighted by atomic mass is 10.3. The summed E-state index contributed by atoms with van der Waals surface area (Å²) in [7, 11) is 0. The molecule has 0 atom stereocenters. The lowest BCUT2D eigenvalue weighted by Crippen LogP contribution is -2.03. The first-order valence-electron chi connectivity index (χ1n) is 4.71. The Morgan fingerprint density at radius 3 is 3.12 bits per heavy atom. The van der Waals surface area contributed by atoms with Crippen LogP contribution in [0.2, 0.25) is 0 Å². The minimum atomic E-state index is -0.948. The fraction of sp³-hybridized carbons (Fsp3) is 0.200. The van der Waals surface area contributed by atoms with Crippen molar-refractivity contribution in [3.05, 3.63) is 35.2 Å². The van der Waals surface area contributed by atoms with E-state index in [0.29, 0.717) is 11.7 Å². The predicted octanol–water partition coefficient (Wildman–Crippen LogP) is 2.09. The van der Waals surface area contributed by atoms with Gasteiger partial charge in [-0.25, -0.2) is 9.78 Å². The molecule has 2 N–H and O–H groups in total. The summed E-state index contributed by atoms with van der Waals surface area (Å²) in [6.07, 6.45) is 3.72. The Kier molecular flexibility index (Phi) is 3.21. The van der Waals surface area contributed by atoms with Crippen LogP contribution in [0.25, 0.3) is 0 Å². The topological polar surface area (TPSA) is 75.4 Å². The van der Waals surface area contributed by atoms with Crippen molar-refractivity contribution in [2.75, 3.05) is 11.9 Å². The first-order valence-corrected chi connectivity index (χ1v) is 5.53. The number of rotatable bonds is 5. The van der Waals surface area contributed by atoms with E-state index in [2.05, 4.69) is 10.3 Å². The number of aromatic carboxylic acids is 1. The first-order chi connectivity index (χ1) is 7.75. The number of nitrogens with zero attached hydrogens (tertiary/aromatic N) is 1. The van der Waals surface area contributed by atoms with Gasteiger partial charge in [0.2, 0.25) is 0 Å². The van der Waals surface area contributed by atoms with E-state index < -0.39 is 5.97 Å². The van der Waals surface area contributed by atoms with Crippen LogP contribution in [0, 0.1) is 0 Å². The molecule has 84 valence electrons. The number of anilines is 1. The number of hydrogen-bond donors (Lipinski definition) is 2. The van der Waals surface area contributed by atoms with Crippen LogP contribution in [0.4, 0.5) is 5.13 Å². The van der Waals surface area contributed by atoms with E-state index in [1.54, 1.807) is 6.26 Å². The van der Waals surface area contributed by atoms with Gasteiger partial charge in [0.25, 0.3) is 0 Å². The van der Waals surface area contributed by atoms with Gasteiger partial charge >= 0.3 is 5.97 Å². The van der Waals surface area contributed by atoms with Crippen molar-refractivity contribution in [3.63, 3.8) is 0 Å². The van der Waals surface area contributed by atoms with Gasteiger partial charge in [0.05, 0.1) is 12.5 Å². The molecule has 0 amide bonds. The molecule has 0 aliphatic carbocycles. The quantitative estimate of drug-likeness (QED) is 0.834. The number of carboxylic acid groups (broad SMARTS) is 1. The van der Waals surface area contributed by atoms with Crippen LogP contribution < -0.4 is 5.32 Å². The molecular weight excluding hydrogens is 228 g/mol. The van der Waals surface area contributed by atoms with E-state index in [0.717, 1.165) is 23.5 Å². The van der Waals surface area contributed by atoms with Crippen molar-refractivity contribution in [2.24, 2.45) is 0 Å². The van der Waals surface area contributed by atoms with Crippen LogP contribution in [0.3, 0.4) is 0 Å². The van der Waals surface area contributed by atoms with Gasteiger partial charge in [0.15, 0.2) is 5.13 Å². The summed E-state index contributed by atoms with van der Waals surface area (Å²) in [5.41, 5.74) is 0. The van der Waals surface area contributed by atoms with Crippen LogP contribution in [-0.2, 0) is 6.42 Å². The van der Waals surface area contributed by atoms with E-state index in [1.165, 1.54) is 6.20 Å². The third-order valence-electron chi connectivity index (χ3n) is 1.94. The fourth-order valence-corrected chi connectivity index (χ4v) is 1.88. The normalized spacial score (nSPS) is 10.2. The summed E-state index contributed by atoms with van der Waals surface area (Å²) in [4.78, 5) is 14.8. The zero-order valence-electron chi connectivity index (χ0n) is 8.34. The highest BCUT2D eigenvalue weighted by Gasteiger charge is 2.07. The standard InChI is InChI=1S/C10H10N2O3S/c13-9(14)8-6-12-10(16-8)11-4-3-7-2-1-5-15-7/h1-2,5-6H,3-4H2,(H,11,12)(H,13,14). The molecule has 2 aromatic rings. The molecule has 6 heteroatoms. The molecule has 0 fully saturated rings. The van der Waals surface area contributed by atoms with E-state index in [1.807, 2.05) is 12.1 Å². The zero-order valence-corrected chi connectivity index (χ0v) is 9.16. The Hall–Kier alpha value is -1.82. The van der Waals surface area contributed by atoms with E-state index in [-0.39, 0.29) is 4.88 Å². The summed E-state index contributed by atoms with van der Waals surface area (Å²) < 4.78 is 5.16. The number of carboxylic acids is 1. The molecule has 0 aliphatic heterocycles. The Morgan fingerprint density at radius 2 is 2.50 bits per heavy atom. The van der Waals surface area contributed by atoms with Crippen molar-refractivity contribution in [1.82, 2.24) is 4.98 Å². The van der Waals surface area contributed by atoms with Crippen LogP contribution >= 0.6 is 11.3 Å². The highest BCUT2D eigenvalue weighted by atomic mass is 32.1. The Balaban J connectivity index is 1.83. The van der Waals surface area contributed by atoms with Gasteiger partial charge in [-0.2, -0.15) is 0 Å². The number of thiazole rings is 1. The Morgan fingerprint density at radius 1 is 1.62 bits per heavy atom. The van der Waals surface area contributed by atoms with Crippen molar-refractivity contribution in [2.45, 2.75) is 6.42 Å². The maximum absolute atomic E-state index is 10.6. The third kappa shape index (κ3) is 2.60. The second-order valence-electron chi connectivity index (χ2n) is 3.09. The largest absolute Gasteiger partial charge is 0.477 e. The highest BCUT2D eigenvalue weighted by Crippen LogP contribution is 2.17. The van der Waals surface area contributed by atoms with E-state index in [4.69, 9.17) is 9.52 Å². The van der Waals surface area contributed by atoms with Crippen molar-refractivity contribution in [1.29, 1.82) is 0 Å². The van der Waals surface area contributed by atoms with Gasteiger partial charge in [-0.15, -0.1) is 0 Å². The summed E-state index contributed by atoms with van der Waals surface area (Å²) in [5, 5.41) is 12.4. The molecule has 16 heavy (non-hydrogen) atoms. The number of aromatic nitrogens is 1. The van der Waals surface area contributed by atoms with Gasteiger partial charge in [0, 0.05) is 13.0 Å². The fourth-order valence-electron chi connectivity index (χ4n) is 1.20.